The quantitative estimate of drug-likeness (QED) is 0.0596. The molecule has 0 unspecified atom stereocenters. The van der Waals surface area contributed by atoms with Gasteiger partial charge in [0.05, 0.1) is 29.9 Å². The van der Waals surface area contributed by atoms with Crippen LogP contribution in [-0.4, -0.2) is 62.2 Å². The van der Waals surface area contributed by atoms with E-state index in [0.29, 0.717) is 47.7 Å². The summed E-state index contributed by atoms with van der Waals surface area (Å²) in [6.45, 7) is 6.71. The van der Waals surface area contributed by atoms with Crippen molar-refractivity contribution in [3.8, 4) is 11.5 Å². The second kappa shape index (κ2) is 14.9. The van der Waals surface area contributed by atoms with Gasteiger partial charge in [0.25, 0.3) is 11.6 Å². The summed E-state index contributed by atoms with van der Waals surface area (Å²) < 4.78 is 14.6. The molecule has 0 fully saturated rings. The van der Waals surface area contributed by atoms with Crippen molar-refractivity contribution in [2.75, 3.05) is 30.9 Å². The van der Waals surface area contributed by atoms with Crippen molar-refractivity contribution in [3.63, 3.8) is 0 Å². The molecule has 248 valence electrons. The van der Waals surface area contributed by atoms with Gasteiger partial charge in [-0.3, -0.25) is 34.5 Å². The smallest absolute Gasteiger partial charge is 0.296 e. The molecule has 4 aromatic rings. The Labute approximate surface area is 269 Å². The van der Waals surface area contributed by atoms with Gasteiger partial charge in [0.2, 0.25) is 17.8 Å². The summed E-state index contributed by atoms with van der Waals surface area (Å²) in [5.74, 6) is -1.31. The van der Waals surface area contributed by atoms with Crippen molar-refractivity contribution in [1.29, 1.82) is 0 Å². The van der Waals surface area contributed by atoms with Gasteiger partial charge >= 0.3 is 0 Å². The number of hydrogen-bond donors (Lipinski definition) is 4. The molecule has 2 aromatic heterocycles. The maximum absolute atomic E-state index is 13.3. The standard InChI is InChI=1S/C31H37N9O7/c1-5-7-12-47-24-16-20(29(33)42)15-22(40(44)45)26(24)34-10-8-9-11-38-27-21(14-19(28(32)41)17-25(27)46-4)35-31(38)36-30(43)23-13-18(3)37-39(23)6-2/h8-9,13-17,34H,5-7,10-12H2,1-4H3,(H2,32,41)(H2,33,42)(H,35,36,43)/b9-8+. The Kier molecular flexibility index (Phi) is 10.8. The average Bonchev–Trinajstić information content (AvgIpc) is 3.59. The second-order valence-corrected chi connectivity index (χ2v) is 10.4. The Morgan fingerprint density at radius 3 is 2.38 bits per heavy atom. The van der Waals surface area contributed by atoms with Crippen LogP contribution in [0.5, 0.6) is 11.5 Å². The maximum Gasteiger partial charge on any atom is 0.296 e. The van der Waals surface area contributed by atoms with E-state index in [4.69, 9.17) is 20.9 Å². The molecule has 16 heteroatoms. The van der Waals surface area contributed by atoms with Gasteiger partial charge in [-0.2, -0.15) is 5.10 Å². The van der Waals surface area contributed by atoms with Crippen molar-refractivity contribution >= 4 is 46.1 Å². The molecule has 3 amide bonds. The monoisotopic (exact) mass is 647 g/mol. The Morgan fingerprint density at radius 1 is 1.04 bits per heavy atom. The molecule has 2 aromatic carbocycles. The number of primary amides is 2. The van der Waals surface area contributed by atoms with Crippen LogP contribution in [0, 0.1) is 17.0 Å². The predicted molar refractivity (Wildman–Crippen MR) is 175 cm³/mol. The number of fused-ring (bicyclic) bond motifs is 1. The van der Waals surface area contributed by atoms with Crippen molar-refractivity contribution in [2.45, 2.75) is 46.7 Å². The SMILES string of the molecule is CCCCOc1cc(C(N)=O)cc([N+](=O)[O-])c1NC/C=C/Cn1c(NC(=O)c2cc(C)nn2CC)nc2cc(C(N)=O)cc(OC)c21. The van der Waals surface area contributed by atoms with Crippen molar-refractivity contribution < 1.29 is 28.8 Å². The number of amides is 3. The number of nitrogens with two attached hydrogens (primary N) is 2. The molecule has 0 bridgehead atoms. The number of hydrogen-bond acceptors (Lipinski definition) is 10. The number of aryl methyl sites for hydroxylation is 2. The summed E-state index contributed by atoms with van der Waals surface area (Å²) in [5.41, 5.74) is 12.7. The van der Waals surface area contributed by atoms with Crippen LogP contribution in [0.2, 0.25) is 0 Å². The molecule has 0 spiro atoms. The van der Waals surface area contributed by atoms with Crippen LogP contribution < -0.4 is 31.6 Å². The summed E-state index contributed by atoms with van der Waals surface area (Å²) >= 11 is 0. The topological polar surface area (TPSA) is 225 Å². The molecule has 0 aliphatic heterocycles. The van der Waals surface area contributed by atoms with E-state index in [9.17, 15) is 24.5 Å². The summed E-state index contributed by atoms with van der Waals surface area (Å²) in [6, 6.07) is 7.14. The number of carbonyl (C=O) groups excluding carboxylic acids is 3. The Balaban J connectivity index is 1.66. The number of methoxy groups -OCH3 is 1. The number of unbranched alkanes of at least 4 members (excludes halogenated alkanes) is 1. The summed E-state index contributed by atoms with van der Waals surface area (Å²) in [6.07, 6.45) is 5.02. The zero-order chi connectivity index (χ0) is 34.2. The zero-order valence-corrected chi connectivity index (χ0v) is 26.5. The Hall–Kier alpha value is -5.93. The highest BCUT2D eigenvalue weighted by Crippen LogP contribution is 2.36. The summed E-state index contributed by atoms with van der Waals surface area (Å²) in [5, 5.41) is 22.1. The van der Waals surface area contributed by atoms with Gasteiger partial charge in [0, 0.05) is 36.8 Å². The first kappa shape index (κ1) is 34.0. The fourth-order valence-corrected chi connectivity index (χ4v) is 4.87. The maximum atomic E-state index is 13.3. The number of imidazole rings is 1. The number of nitro groups is 1. The minimum atomic E-state index is -0.817. The first-order chi connectivity index (χ1) is 22.5. The van der Waals surface area contributed by atoms with Gasteiger partial charge < -0.3 is 30.8 Å². The predicted octanol–water partition coefficient (Wildman–Crippen LogP) is 3.78. The van der Waals surface area contributed by atoms with Crippen LogP contribution in [-0.2, 0) is 13.1 Å². The van der Waals surface area contributed by atoms with E-state index in [1.807, 2.05) is 13.8 Å². The molecule has 6 N–H and O–H groups in total. The van der Waals surface area contributed by atoms with Crippen LogP contribution in [0.15, 0.2) is 42.5 Å². The fourth-order valence-electron chi connectivity index (χ4n) is 4.87. The number of aromatic nitrogens is 4. The normalized spacial score (nSPS) is 11.1. The summed E-state index contributed by atoms with van der Waals surface area (Å²) in [4.78, 5) is 53.0. The molecular formula is C31H37N9O7. The average molecular weight is 648 g/mol. The second-order valence-electron chi connectivity index (χ2n) is 10.4. The van der Waals surface area contributed by atoms with E-state index in [1.165, 1.54) is 25.3 Å². The van der Waals surface area contributed by atoms with E-state index in [-0.39, 0.29) is 47.3 Å². The van der Waals surface area contributed by atoms with Gasteiger partial charge in [-0.25, -0.2) is 4.98 Å². The minimum absolute atomic E-state index is 0.0450. The highest BCUT2D eigenvalue weighted by Gasteiger charge is 2.23. The summed E-state index contributed by atoms with van der Waals surface area (Å²) in [7, 11) is 1.44. The molecule has 0 saturated carbocycles. The van der Waals surface area contributed by atoms with E-state index in [0.717, 1.165) is 12.5 Å². The number of carbonyl (C=O) groups is 3. The van der Waals surface area contributed by atoms with Gasteiger partial charge in [-0.1, -0.05) is 25.5 Å². The van der Waals surface area contributed by atoms with Crippen LogP contribution in [0.25, 0.3) is 11.0 Å². The third kappa shape index (κ3) is 7.66. The lowest BCUT2D eigenvalue weighted by atomic mass is 10.1. The zero-order valence-electron chi connectivity index (χ0n) is 26.5. The molecule has 0 aliphatic rings. The number of benzene rings is 2. The third-order valence-electron chi connectivity index (χ3n) is 7.14. The molecule has 16 nitrogen and oxygen atoms in total. The van der Waals surface area contributed by atoms with E-state index in [2.05, 4.69) is 20.7 Å². The molecule has 0 saturated heterocycles. The number of anilines is 2. The third-order valence-corrected chi connectivity index (χ3v) is 7.14. The number of allylic oxidation sites excluding steroid dienone is 1. The lowest BCUT2D eigenvalue weighted by molar-refractivity contribution is -0.384. The largest absolute Gasteiger partial charge is 0.494 e. The number of rotatable bonds is 16. The Morgan fingerprint density at radius 2 is 1.74 bits per heavy atom. The molecule has 0 radical (unpaired) electrons. The Bertz CT molecular complexity index is 1860. The van der Waals surface area contributed by atoms with E-state index >= 15 is 0 Å². The minimum Gasteiger partial charge on any atom is -0.494 e. The van der Waals surface area contributed by atoms with Gasteiger partial charge in [-0.05, 0) is 44.5 Å². The fraction of sp³-hybridized carbons (Fsp3) is 0.323. The van der Waals surface area contributed by atoms with E-state index in [1.54, 1.807) is 34.4 Å². The van der Waals surface area contributed by atoms with Gasteiger partial charge in [0.15, 0.2) is 5.69 Å². The highest BCUT2D eigenvalue weighted by molar-refractivity contribution is 6.04. The number of nitrogens with zero attached hydrogens (tertiary/aromatic N) is 5. The molecule has 0 aliphatic carbocycles. The van der Waals surface area contributed by atoms with Crippen LogP contribution >= 0.6 is 0 Å². The molecule has 4 rings (SSSR count). The van der Waals surface area contributed by atoms with E-state index < -0.39 is 22.6 Å². The first-order valence-corrected chi connectivity index (χ1v) is 14.9. The van der Waals surface area contributed by atoms with Crippen molar-refractivity contribution in [2.24, 2.45) is 11.5 Å². The lowest BCUT2D eigenvalue weighted by Gasteiger charge is -2.14. The first-order valence-electron chi connectivity index (χ1n) is 14.9. The van der Waals surface area contributed by atoms with Crippen LogP contribution in [0.1, 0.15) is 63.6 Å². The van der Waals surface area contributed by atoms with Gasteiger partial charge in [-0.15, -0.1) is 0 Å². The molecule has 2 heterocycles. The number of ether oxygens (including phenoxy) is 2. The number of nitrogens with one attached hydrogen (secondary N) is 2. The van der Waals surface area contributed by atoms with Crippen molar-refractivity contribution in [1.82, 2.24) is 19.3 Å². The van der Waals surface area contributed by atoms with Crippen molar-refractivity contribution in [3.05, 3.63) is 75.1 Å². The van der Waals surface area contributed by atoms with Crippen LogP contribution in [0.3, 0.4) is 0 Å². The molecule has 0 atom stereocenters. The van der Waals surface area contributed by atoms with Gasteiger partial charge in [0.1, 0.15) is 22.7 Å². The molecule has 47 heavy (non-hydrogen) atoms. The molecular weight excluding hydrogens is 610 g/mol. The van der Waals surface area contributed by atoms with Crippen LogP contribution in [0.4, 0.5) is 17.3 Å². The highest BCUT2D eigenvalue weighted by atomic mass is 16.6. The lowest BCUT2D eigenvalue weighted by Crippen LogP contribution is -2.20. The number of nitro benzene ring substituents is 1.